The highest BCUT2D eigenvalue weighted by molar-refractivity contribution is 5.89. The Bertz CT molecular complexity index is 982. The number of hydrogen-bond acceptors (Lipinski definition) is 5. The Balaban J connectivity index is 1.78. The molecule has 3 rings (SSSR count). The van der Waals surface area contributed by atoms with Crippen LogP contribution in [-0.4, -0.2) is 29.5 Å². The van der Waals surface area contributed by atoms with Gasteiger partial charge in [0.1, 0.15) is 18.2 Å². The number of carbonyl (C=O) groups is 2. The van der Waals surface area contributed by atoms with E-state index in [0.29, 0.717) is 40.5 Å². The molecule has 0 saturated carbocycles. The second-order valence-electron chi connectivity index (χ2n) is 7.24. The third-order valence-corrected chi connectivity index (χ3v) is 4.52. The maximum atomic E-state index is 12.4. The first-order valence-electron chi connectivity index (χ1n) is 9.50. The molecule has 0 unspecified atom stereocenters. The van der Waals surface area contributed by atoms with Crippen molar-refractivity contribution in [3.63, 3.8) is 0 Å². The summed E-state index contributed by atoms with van der Waals surface area (Å²) in [5, 5.41) is 2.90. The molecule has 7 heteroatoms. The number of amides is 1. The molecule has 7 nitrogen and oxygen atoms in total. The van der Waals surface area contributed by atoms with E-state index in [1.54, 1.807) is 12.1 Å². The van der Waals surface area contributed by atoms with Gasteiger partial charge in [-0.05, 0) is 24.0 Å². The molecule has 1 heterocycles. The summed E-state index contributed by atoms with van der Waals surface area (Å²) in [5.41, 5.74) is 2.72. The van der Waals surface area contributed by atoms with Crippen molar-refractivity contribution in [2.45, 2.75) is 32.9 Å². The number of imidazole rings is 1. The number of carbonyl (C=O) groups excluding carboxylic acids is 2. The highest BCUT2D eigenvalue weighted by Gasteiger charge is 2.21. The van der Waals surface area contributed by atoms with Crippen molar-refractivity contribution in [2.24, 2.45) is 5.92 Å². The van der Waals surface area contributed by atoms with Gasteiger partial charge in [-0.15, -0.1) is 0 Å². The Morgan fingerprint density at radius 3 is 2.66 bits per heavy atom. The fraction of sp³-hybridized carbons (Fsp3) is 0.318. The fourth-order valence-corrected chi connectivity index (χ4v) is 3.13. The van der Waals surface area contributed by atoms with E-state index in [9.17, 15) is 9.59 Å². The highest BCUT2D eigenvalue weighted by atomic mass is 16.5. The molecule has 0 spiro atoms. The van der Waals surface area contributed by atoms with E-state index in [0.717, 1.165) is 11.8 Å². The smallest absolute Gasteiger partial charge is 0.408 e. The van der Waals surface area contributed by atoms with Gasteiger partial charge >= 0.3 is 6.09 Å². The minimum Gasteiger partial charge on any atom is -0.496 e. The molecule has 0 aliphatic carbocycles. The molecule has 1 aromatic heterocycles. The van der Waals surface area contributed by atoms with Gasteiger partial charge in [-0.1, -0.05) is 44.2 Å². The molecule has 0 aliphatic rings. The van der Waals surface area contributed by atoms with E-state index in [1.165, 1.54) is 7.11 Å². The topological polar surface area (TPSA) is 93.3 Å². The maximum Gasteiger partial charge on any atom is 0.408 e. The Hall–Kier alpha value is -3.35. The first-order chi connectivity index (χ1) is 14.0. The van der Waals surface area contributed by atoms with Crippen LogP contribution in [0.5, 0.6) is 5.75 Å². The van der Waals surface area contributed by atoms with Gasteiger partial charge in [-0.3, -0.25) is 4.79 Å². The first kappa shape index (κ1) is 20.4. The number of alkyl carbamates (subject to hydrolysis) is 1. The Labute approximate surface area is 169 Å². The molecule has 2 aromatic carbocycles. The number of hydrogen-bond donors (Lipinski definition) is 2. The van der Waals surface area contributed by atoms with Crippen LogP contribution in [0.2, 0.25) is 0 Å². The average molecular weight is 395 g/mol. The molecule has 0 saturated heterocycles. The van der Waals surface area contributed by atoms with Gasteiger partial charge in [0.25, 0.3) is 0 Å². The lowest BCUT2D eigenvalue weighted by Gasteiger charge is -2.18. The number of benzene rings is 2. The Kier molecular flexibility index (Phi) is 6.49. The van der Waals surface area contributed by atoms with Crippen LogP contribution in [-0.2, 0) is 11.3 Å². The number of nitrogens with one attached hydrogen (secondary N) is 2. The van der Waals surface area contributed by atoms with Crippen LogP contribution < -0.4 is 10.1 Å². The number of aldehydes is 1. The number of ether oxygens (including phenoxy) is 2. The van der Waals surface area contributed by atoms with E-state index in [4.69, 9.17) is 9.47 Å². The van der Waals surface area contributed by atoms with E-state index in [2.05, 4.69) is 29.1 Å². The summed E-state index contributed by atoms with van der Waals surface area (Å²) in [6.45, 7) is 4.33. The van der Waals surface area contributed by atoms with Crippen molar-refractivity contribution in [2.75, 3.05) is 7.11 Å². The average Bonchev–Trinajstić information content (AvgIpc) is 3.14. The van der Waals surface area contributed by atoms with Crippen molar-refractivity contribution >= 4 is 23.4 Å². The normalized spacial score (nSPS) is 12.0. The van der Waals surface area contributed by atoms with Gasteiger partial charge in [-0.25, -0.2) is 9.78 Å². The number of nitrogens with zero attached hydrogens (tertiary/aromatic N) is 1. The van der Waals surface area contributed by atoms with E-state index in [1.807, 2.05) is 30.3 Å². The largest absolute Gasteiger partial charge is 0.496 e. The second-order valence-corrected chi connectivity index (χ2v) is 7.24. The number of aromatic amines is 1. The van der Waals surface area contributed by atoms with Crippen LogP contribution in [0.25, 0.3) is 11.0 Å². The fourth-order valence-electron chi connectivity index (χ4n) is 3.13. The molecule has 1 amide bonds. The summed E-state index contributed by atoms with van der Waals surface area (Å²) in [4.78, 5) is 31.4. The van der Waals surface area contributed by atoms with E-state index >= 15 is 0 Å². The lowest BCUT2D eigenvalue weighted by Crippen LogP contribution is -2.30. The lowest BCUT2D eigenvalue weighted by atomic mass is 10.0. The predicted molar refractivity (Wildman–Crippen MR) is 110 cm³/mol. The Morgan fingerprint density at radius 1 is 1.24 bits per heavy atom. The van der Waals surface area contributed by atoms with Crippen LogP contribution in [0.3, 0.4) is 0 Å². The molecular weight excluding hydrogens is 370 g/mol. The van der Waals surface area contributed by atoms with Gasteiger partial charge < -0.3 is 19.8 Å². The summed E-state index contributed by atoms with van der Waals surface area (Å²) in [6.07, 6.45) is 0.910. The lowest BCUT2D eigenvalue weighted by molar-refractivity contribution is 0.112. The molecular formula is C22H25N3O4. The molecule has 0 aliphatic heterocycles. The van der Waals surface area contributed by atoms with Crippen molar-refractivity contribution in [3.8, 4) is 5.75 Å². The number of aromatic nitrogens is 2. The summed E-state index contributed by atoms with van der Waals surface area (Å²) in [7, 11) is 1.51. The van der Waals surface area contributed by atoms with Crippen LogP contribution in [0.15, 0.2) is 42.5 Å². The highest BCUT2D eigenvalue weighted by Crippen LogP contribution is 2.27. The number of methoxy groups -OCH3 is 1. The zero-order valence-corrected chi connectivity index (χ0v) is 16.8. The predicted octanol–water partition coefficient (Wildman–Crippen LogP) is 4.40. The van der Waals surface area contributed by atoms with Crippen molar-refractivity contribution < 1.29 is 19.1 Å². The van der Waals surface area contributed by atoms with E-state index < -0.39 is 6.09 Å². The third kappa shape index (κ3) is 5.13. The molecule has 3 aromatic rings. The van der Waals surface area contributed by atoms with Crippen molar-refractivity contribution in [1.82, 2.24) is 15.3 Å². The Morgan fingerprint density at radius 2 is 2.00 bits per heavy atom. The van der Waals surface area contributed by atoms with Gasteiger partial charge in [-0.2, -0.15) is 0 Å². The van der Waals surface area contributed by atoms with Crippen molar-refractivity contribution in [1.29, 1.82) is 0 Å². The minimum absolute atomic E-state index is 0.196. The molecule has 1 atom stereocenters. The standard InChI is InChI=1S/C22H25N3O4/c1-14(2)9-19(25-22(27)29-13-15-7-5-4-6-8-15)21-23-17-10-16(12-26)20(28-3)11-18(17)24-21/h4-8,10-12,14,19H,9,13H2,1-3H3,(H,23,24)(H,25,27)/t19-/m1/s1. The first-order valence-corrected chi connectivity index (χ1v) is 9.50. The van der Waals surface area contributed by atoms with Gasteiger partial charge in [0.15, 0.2) is 6.29 Å². The second kappa shape index (κ2) is 9.23. The van der Waals surface area contributed by atoms with Crippen molar-refractivity contribution in [3.05, 3.63) is 59.4 Å². The van der Waals surface area contributed by atoms with Crippen LogP contribution in [0.1, 0.15) is 48.1 Å². The summed E-state index contributed by atoms with van der Waals surface area (Å²) in [5.74, 6) is 1.39. The number of rotatable bonds is 8. The monoisotopic (exact) mass is 395 g/mol. The number of H-pyrrole nitrogens is 1. The zero-order chi connectivity index (χ0) is 20.8. The third-order valence-electron chi connectivity index (χ3n) is 4.52. The SMILES string of the molecule is COc1cc2nc([C@@H](CC(C)C)NC(=O)OCc3ccccc3)[nH]c2cc1C=O. The molecule has 29 heavy (non-hydrogen) atoms. The van der Waals surface area contributed by atoms with Gasteiger partial charge in [0, 0.05) is 6.07 Å². The molecule has 2 N–H and O–H groups in total. The van der Waals surface area contributed by atoms with E-state index in [-0.39, 0.29) is 12.6 Å². The van der Waals surface area contributed by atoms with Crippen LogP contribution >= 0.6 is 0 Å². The molecule has 0 bridgehead atoms. The zero-order valence-electron chi connectivity index (χ0n) is 16.8. The van der Waals surface area contributed by atoms with Crippen LogP contribution in [0.4, 0.5) is 4.79 Å². The summed E-state index contributed by atoms with van der Waals surface area (Å²) >= 11 is 0. The summed E-state index contributed by atoms with van der Waals surface area (Å²) in [6, 6.07) is 12.6. The summed E-state index contributed by atoms with van der Waals surface area (Å²) < 4.78 is 10.6. The molecule has 0 radical (unpaired) electrons. The van der Waals surface area contributed by atoms with Gasteiger partial charge in [0.2, 0.25) is 0 Å². The van der Waals surface area contributed by atoms with Gasteiger partial charge in [0.05, 0.1) is 29.7 Å². The molecule has 152 valence electrons. The maximum absolute atomic E-state index is 12.4. The quantitative estimate of drug-likeness (QED) is 0.552. The minimum atomic E-state index is -0.508. The number of fused-ring (bicyclic) bond motifs is 1. The molecule has 0 fully saturated rings. The van der Waals surface area contributed by atoms with Crippen LogP contribution in [0, 0.1) is 5.92 Å².